The number of fused-ring (bicyclic) bond motifs is 1. The van der Waals surface area contributed by atoms with Crippen molar-refractivity contribution in [3.63, 3.8) is 0 Å². The van der Waals surface area contributed by atoms with Crippen LogP contribution in [0.4, 0.5) is 0 Å². The smallest absolute Gasteiger partial charge is 0.253 e. The van der Waals surface area contributed by atoms with Gasteiger partial charge in [0.25, 0.3) is 5.91 Å². The molecule has 0 saturated carbocycles. The van der Waals surface area contributed by atoms with E-state index in [-0.39, 0.29) is 17.4 Å². The molecule has 0 spiro atoms. The Hall–Kier alpha value is -3.35. The molecule has 0 aliphatic carbocycles. The minimum absolute atomic E-state index is 0.0507. The molecule has 0 N–H and O–H groups in total. The van der Waals surface area contributed by atoms with Gasteiger partial charge >= 0.3 is 0 Å². The number of carbonyl (C=O) groups is 1. The van der Waals surface area contributed by atoms with E-state index in [1.807, 2.05) is 62.1 Å². The molecule has 0 radical (unpaired) electrons. The first-order valence-electron chi connectivity index (χ1n) is 11.2. The van der Waals surface area contributed by atoms with Crippen LogP contribution in [0.3, 0.4) is 0 Å². The van der Waals surface area contributed by atoms with E-state index in [1.165, 1.54) is 0 Å². The van der Waals surface area contributed by atoms with Crippen molar-refractivity contribution >= 4 is 16.8 Å². The molecular weight excluding hydrogens is 418 g/mol. The number of piperidine rings is 1. The number of ether oxygens (including phenoxy) is 3. The molecule has 1 aromatic heterocycles. The minimum atomic E-state index is -0.270. The van der Waals surface area contributed by atoms with Crippen molar-refractivity contribution in [2.24, 2.45) is 0 Å². The molecule has 2 heterocycles. The Balaban J connectivity index is 1.47. The fraction of sp³-hybridized carbons (Fsp3) is 0.423. The number of methoxy groups -OCH3 is 2. The zero-order valence-electron chi connectivity index (χ0n) is 19.9. The lowest BCUT2D eigenvalue weighted by atomic mass is 9.90. The van der Waals surface area contributed by atoms with Crippen LogP contribution in [0, 0.1) is 0 Å². The highest BCUT2D eigenvalue weighted by atomic mass is 16.5. The summed E-state index contributed by atoms with van der Waals surface area (Å²) < 4.78 is 16.7. The first kappa shape index (κ1) is 22.8. The highest BCUT2D eigenvalue weighted by Gasteiger charge is 2.27. The molecule has 1 saturated heterocycles. The van der Waals surface area contributed by atoms with Crippen molar-refractivity contribution in [1.29, 1.82) is 0 Å². The summed E-state index contributed by atoms with van der Waals surface area (Å²) in [5.41, 5.74) is 2.23. The molecule has 0 atom stereocenters. The Morgan fingerprint density at radius 2 is 1.61 bits per heavy atom. The monoisotopic (exact) mass is 449 g/mol. The van der Waals surface area contributed by atoms with Crippen molar-refractivity contribution < 1.29 is 19.0 Å². The lowest BCUT2D eigenvalue weighted by Crippen LogP contribution is -2.38. The molecule has 0 bridgehead atoms. The van der Waals surface area contributed by atoms with Crippen LogP contribution < -0.4 is 14.2 Å². The summed E-state index contributed by atoms with van der Waals surface area (Å²) in [7, 11) is 3.24. The molecule has 1 aliphatic rings. The second-order valence-electron chi connectivity index (χ2n) is 9.29. The molecule has 3 aromatic rings. The Morgan fingerprint density at radius 1 is 0.970 bits per heavy atom. The fourth-order valence-corrected chi connectivity index (χ4v) is 4.29. The number of carbonyl (C=O) groups excluding carboxylic acids is 1. The van der Waals surface area contributed by atoms with E-state index in [1.54, 1.807) is 20.5 Å². The van der Waals surface area contributed by atoms with Gasteiger partial charge in [-0.15, -0.1) is 0 Å². The van der Waals surface area contributed by atoms with E-state index in [4.69, 9.17) is 14.2 Å². The van der Waals surface area contributed by atoms with Gasteiger partial charge in [0.1, 0.15) is 17.7 Å². The number of hydrogen-bond donors (Lipinski definition) is 0. The highest BCUT2D eigenvalue weighted by molar-refractivity contribution is 5.94. The standard InChI is InChI=1S/C26H31N3O4/c1-26(2,3)33-19-8-6-18(7-9-19)25(30)29-12-10-17(11-13-29)24-20-14-22(31-4)23(32-5)15-21(20)27-16-28-24/h6-9,14-17H,10-13H2,1-5H3. The van der Waals surface area contributed by atoms with E-state index in [9.17, 15) is 4.79 Å². The molecule has 0 unspecified atom stereocenters. The third kappa shape index (κ3) is 5.02. The lowest BCUT2D eigenvalue weighted by Gasteiger charge is -2.32. The van der Waals surface area contributed by atoms with E-state index < -0.39 is 0 Å². The van der Waals surface area contributed by atoms with Gasteiger partial charge in [-0.05, 0) is 63.9 Å². The normalized spacial score (nSPS) is 14.9. The first-order valence-corrected chi connectivity index (χ1v) is 11.2. The summed E-state index contributed by atoms with van der Waals surface area (Å²) in [6, 6.07) is 11.2. The predicted molar refractivity (Wildman–Crippen MR) is 127 cm³/mol. The van der Waals surface area contributed by atoms with Gasteiger partial charge in [-0.1, -0.05) is 0 Å². The predicted octanol–water partition coefficient (Wildman–Crippen LogP) is 4.84. The number of benzene rings is 2. The second kappa shape index (κ2) is 9.25. The number of aromatic nitrogens is 2. The number of nitrogens with zero attached hydrogens (tertiary/aromatic N) is 3. The molecule has 1 amide bonds. The molecule has 174 valence electrons. The molecule has 7 nitrogen and oxygen atoms in total. The quantitative estimate of drug-likeness (QED) is 0.555. The minimum Gasteiger partial charge on any atom is -0.493 e. The number of amides is 1. The largest absolute Gasteiger partial charge is 0.493 e. The van der Waals surface area contributed by atoms with Crippen LogP contribution >= 0.6 is 0 Å². The van der Waals surface area contributed by atoms with E-state index in [0.29, 0.717) is 30.2 Å². The zero-order valence-corrected chi connectivity index (χ0v) is 19.9. The average molecular weight is 450 g/mol. The summed E-state index contributed by atoms with van der Waals surface area (Å²) in [4.78, 5) is 24.0. The first-order chi connectivity index (χ1) is 15.8. The Morgan fingerprint density at radius 3 is 2.21 bits per heavy atom. The molecule has 1 fully saturated rings. The van der Waals surface area contributed by atoms with Crippen LogP contribution in [-0.2, 0) is 0 Å². The zero-order chi connectivity index (χ0) is 23.6. The summed E-state index contributed by atoms with van der Waals surface area (Å²) in [5.74, 6) is 2.37. The molecule has 4 rings (SSSR count). The Kier molecular flexibility index (Phi) is 6.40. The maximum Gasteiger partial charge on any atom is 0.253 e. The molecule has 1 aliphatic heterocycles. The van der Waals surface area contributed by atoms with Crippen LogP contribution in [-0.4, -0.2) is 53.7 Å². The van der Waals surface area contributed by atoms with Gasteiger partial charge in [0.15, 0.2) is 11.5 Å². The third-order valence-corrected chi connectivity index (χ3v) is 5.87. The van der Waals surface area contributed by atoms with Gasteiger partial charge in [-0.25, -0.2) is 9.97 Å². The van der Waals surface area contributed by atoms with Gasteiger partial charge in [0.05, 0.1) is 25.4 Å². The summed E-state index contributed by atoms with van der Waals surface area (Å²) in [6.07, 6.45) is 3.29. The fourth-order valence-electron chi connectivity index (χ4n) is 4.29. The van der Waals surface area contributed by atoms with Gasteiger partial charge in [0, 0.05) is 36.0 Å². The van der Waals surface area contributed by atoms with Crippen LogP contribution in [0.1, 0.15) is 55.6 Å². The van der Waals surface area contributed by atoms with E-state index in [2.05, 4.69) is 9.97 Å². The van der Waals surface area contributed by atoms with Crippen LogP contribution in [0.5, 0.6) is 17.2 Å². The number of hydrogen-bond acceptors (Lipinski definition) is 6. The maximum absolute atomic E-state index is 13.0. The van der Waals surface area contributed by atoms with E-state index in [0.717, 1.165) is 35.2 Å². The van der Waals surface area contributed by atoms with Crippen LogP contribution in [0.15, 0.2) is 42.7 Å². The summed E-state index contributed by atoms with van der Waals surface area (Å²) >= 11 is 0. The lowest BCUT2D eigenvalue weighted by molar-refractivity contribution is 0.0712. The third-order valence-electron chi connectivity index (χ3n) is 5.87. The molecular formula is C26H31N3O4. The van der Waals surface area contributed by atoms with Crippen LogP contribution in [0.25, 0.3) is 10.9 Å². The van der Waals surface area contributed by atoms with E-state index >= 15 is 0 Å². The number of rotatable bonds is 5. The van der Waals surface area contributed by atoms with Crippen molar-refractivity contribution in [2.45, 2.75) is 45.1 Å². The Labute approximate surface area is 194 Å². The number of likely N-dealkylation sites (tertiary alicyclic amines) is 1. The highest BCUT2D eigenvalue weighted by Crippen LogP contribution is 2.37. The van der Waals surface area contributed by atoms with Crippen molar-refractivity contribution in [3.05, 3.63) is 54.0 Å². The topological polar surface area (TPSA) is 73.8 Å². The molecule has 7 heteroatoms. The van der Waals surface area contributed by atoms with Crippen molar-refractivity contribution in [1.82, 2.24) is 14.9 Å². The molecule has 33 heavy (non-hydrogen) atoms. The van der Waals surface area contributed by atoms with Crippen molar-refractivity contribution in [2.75, 3.05) is 27.3 Å². The molecule has 2 aromatic carbocycles. The van der Waals surface area contributed by atoms with Gasteiger partial charge in [-0.3, -0.25) is 4.79 Å². The van der Waals surface area contributed by atoms with Crippen LogP contribution in [0.2, 0.25) is 0 Å². The van der Waals surface area contributed by atoms with Gasteiger partial charge < -0.3 is 19.1 Å². The van der Waals surface area contributed by atoms with Crippen molar-refractivity contribution in [3.8, 4) is 17.2 Å². The van der Waals surface area contributed by atoms with Gasteiger partial charge in [0.2, 0.25) is 0 Å². The average Bonchev–Trinajstić information content (AvgIpc) is 2.82. The maximum atomic E-state index is 13.0. The Bertz CT molecular complexity index is 1130. The summed E-state index contributed by atoms with van der Waals surface area (Å²) in [5, 5.41) is 0.967. The van der Waals surface area contributed by atoms with Gasteiger partial charge in [-0.2, -0.15) is 0 Å². The summed E-state index contributed by atoms with van der Waals surface area (Å²) in [6.45, 7) is 7.38. The SMILES string of the molecule is COc1cc2ncnc(C3CCN(C(=O)c4ccc(OC(C)(C)C)cc4)CC3)c2cc1OC. The second-order valence-corrected chi connectivity index (χ2v) is 9.29.